The van der Waals surface area contributed by atoms with Gasteiger partial charge in [0.05, 0.1) is 0 Å². The Labute approximate surface area is 200 Å². The van der Waals surface area contributed by atoms with Gasteiger partial charge in [0.25, 0.3) is 0 Å². The van der Waals surface area contributed by atoms with Crippen LogP contribution in [0.5, 0.6) is 0 Å². The van der Waals surface area contributed by atoms with Crippen molar-refractivity contribution in [1.82, 2.24) is 15.3 Å². The Hall–Kier alpha value is -3.39. The van der Waals surface area contributed by atoms with Crippen molar-refractivity contribution in [3.8, 4) is 0 Å². The van der Waals surface area contributed by atoms with Gasteiger partial charge in [-0.3, -0.25) is 0 Å². The Morgan fingerprint density at radius 3 is 2.03 bits per heavy atom. The minimum atomic E-state index is 0.537. The molecule has 2 aromatic carbocycles. The van der Waals surface area contributed by atoms with E-state index in [2.05, 4.69) is 86.0 Å². The average molecular weight is 460 g/mol. The number of fused-ring (bicyclic) bond motifs is 1. The minimum Gasteiger partial charge on any atom is -0.368 e. The Balaban J connectivity index is 1.37. The van der Waals surface area contributed by atoms with E-state index < -0.39 is 0 Å². The van der Waals surface area contributed by atoms with Crippen LogP contribution in [0.15, 0.2) is 60.7 Å². The largest absolute Gasteiger partial charge is 0.368 e. The number of para-hydroxylation sites is 1. The molecule has 1 saturated heterocycles. The van der Waals surface area contributed by atoms with E-state index >= 15 is 0 Å². The second-order valence-electron chi connectivity index (χ2n) is 8.33. The van der Waals surface area contributed by atoms with Crippen LogP contribution in [0.25, 0.3) is 0 Å². The summed E-state index contributed by atoms with van der Waals surface area (Å²) < 4.78 is 0. The van der Waals surface area contributed by atoms with Gasteiger partial charge in [-0.05, 0) is 42.4 Å². The van der Waals surface area contributed by atoms with Gasteiger partial charge in [0, 0.05) is 57.6 Å². The maximum absolute atomic E-state index is 5.40. The highest BCUT2D eigenvalue weighted by Gasteiger charge is 2.24. The number of anilines is 4. The van der Waals surface area contributed by atoms with E-state index in [1.165, 1.54) is 16.8 Å². The van der Waals surface area contributed by atoms with Crippen LogP contribution in [0.2, 0.25) is 0 Å². The molecule has 0 atom stereocenters. The van der Waals surface area contributed by atoms with Crippen molar-refractivity contribution < 1.29 is 0 Å². The van der Waals surface area contributed by atoms with Gasteiger partial charge in [-0.1, -0.05) is 42.5 Å². The van der Waals surface area contributed by atoms with Crippen LogP contribution in [-0.2, 0) is 13.1 Å². The highest BCUT2D eigenvalue weighted by molar-refractivity contribution is 7.80. The number of piperazine rings is 1. The molecule has 0 bridgehead atoms. The first-order valence-corrected chi connectivity index (χ1v) is 11.9. The van der Waals surface area contributed by atoms with Crippen LogP contribution in [0.1, 0.15) is 18.1 Å². The molecule has 0 aliphatic carbocycles. The summed E-state index contributed by atoms with van der Waals surface area (Å²) in [6, 6.07) is 21.3. The van der Waals surface area contributed by atoms with Crippen LogP contribution in [0.4, 0.5) is 23.3 Å². The molecule has 1 aromatic heterocycles. The summed E-state index contributed by atoms with van der Waals surface area (Å²) in [6.45, 7) is 8.20. The lowest BCUT2D eigenvalue weighted by atomic mass is 10.1. The highest BCUT2D eigenvalue weighted by atomic mass is 32.1. The Morgan fingerprint density at radius 2 is 1.39 bits per heavy atom. The van der Waals surface area contributed by atoms with E-state index in [9.17, 15) is 0 Å². The number of nitrogens with one attached hydrogen (secondary N) is 2. The molecule has 2 N–H and O–H groups in total. The number of aromatic nitrogens is 2. The standard InChI is InChI=1S/C25H29N7S/c1-2-26-25(33)29-24-27-22(31-14-12-30(13-15-31)21-10-4-3-5-11-21)16-23(28-24)32-17-19-8-6-7-9-20(19)18-32/h3-11,16H,2,12-15,17-18H2,1H3,(H2,26,27,28,29,33). The van der Waals surface area contributed by atoms with Gasteiger partial charge in [-0.15, -0.1) is 0 Å². The van der Waals surface area contributed by atoms with Crippen LogP contribution in [0.3, 0.4) is 0 Å². The molecular formula is C25H29N7S. The van der Waals surface area contributed by atoms with E-state index in [4.69, 9.17) is 22.2 Å². The molecule has 3 heterocycles. The Kier molecular flexibility index (Phi) is 6.26. The summed E-state index contributed by atoms with van der Waals surface area (Å²) in [6.07, 6.45) is 0. The predicted octanol–water partition coefficient (Wildman–Crippen LogP) is 3.63. The molecule has 0 amide bonds. The van der Waals surface area contributed by atoms with E-state index in [1.807, 2.05) is 6.92 Å². The lowest BCUT2D eigenvalue weighted by Crippen LogP contribution is -2.47. The molecule has 0 spiro atoms. The summed E-state index contributed by atoms with van der Waals surface area (Å²) in [5.74, 6) is 2.39. The number of benzene rings is 2. The molecule has 2 aliphatic heterocycles. The first-order chi connectivity index (χ1) is 16.2. The van der Waals surface area contributed by atoms with E-state index in [-0.39, 0.29) is 0 Å². The second-order valence-corrected chi connectivity index (χ2v) is 8.74. The van der Waals surface area contributed by atoms with E-state index in [1.54, 1.807) is 0 Å². The molecule has 33 heavy (non-hydrogen) atoms. The third kappa shape index (κ3) is 4.85. The normalized spacial score (nSPS) is 15.4. The van der Waals surface area contributed by atoms with Crippen LogP contribution < -0.4 is 25.3 Å². The zero-order valence-electron chi connectivity index (χ0n) is 18.9. The third-order valence-corrected chi connectivity index (χ3v) is 6.40. The highest BCUT2D eigenvalue weighted by Crippen LogP contribution is 2.30. The molecule has 0 unspecified atom stereocenters. The molecule has 3 aromatic rings. The van der Waals surface area contributed by atoms with Crippen molar-refractivity contribution >= 4 is 40.6 Å². The number of thiocarbonyl (C=S) groups is 1. The zero-order chi connectivity index (χ0) is 22.6. The first-order valence-electron chi connectivity index (χ1n) is 11.5. The second kappa shape index (κ2) is 9.62. The Bertz CT molecular complexity index is 1090. The molecule has 5 rings (SSSR count). The third-order valence-electron chi connectivity index (χ3n) is 6.15. The fraction of sp³-hybridized carbons (Fsp3) is 0.320. The van der Waals surface area contributed by atoms with Crippen molar-refractivity contribution in [2.24, 2.45) is 0 Å². The molecule has 7 nitrogen and oxygen atoms in total. The molecule has 8 heteroatoms. The molecule has 2 aliphatic rings. The van der Waals surface area contributed by atoms with Gasteiger partial charge in [-0.2, -0.15) is 9.97 Å². The summed E-state index contributed by atoms with van der Waals surface area (Å²) in [4.78, 5) is 16.7. The SMILES string of the molecule is CCNC(=S)Nc1nc(N2CCN(c3ccccc3)CC2)cc(N2Cc3ccccc3C2)n1. The number of rotatable bonds is 5. The fourth-order valence-corrected chi connectivity index (χ4v) is 4.67. The Morgan fingerprint density at radius 1 is 0.818 bits per heavy atom. The molecular weight excluding hydrogens is 430 g/mol. The van der Waals surface area contributed by atoms with E-state index in [0.717, 1.165) is 57.4 Å². The van der Waals surface area contributed by atoms with Crippen LogP contribution in [-0.4, -0.2) is 47.8 Å². The quantitative estimate of drug-likeness (QED) is 0.561. The van der Waals surface area contributed by atoms with Crippen molar-refractivity contribution in [1.29, 1.82) is 0 Å². The summed E-state index contributed by atoms with van der Waals surface area (Å²) >= 11 is 5.40. The van der Waals surface area contributed by atoms with Crippen LogP contribution in [0, 0.1) is 0 Å². The number of nitrogens with zero attached hydrogens (tertiary/aromatic N) is 5. The van der Waals surface area contributed by atoms with Crippen molar-refractivity contribution in [2.45, 2.75) is 20.0 Å². The van der Waals surface area contributed by atoms with Crippen molar-refractivity contribution in [3.05, 3.63) is 71.8 Å². The maximum atomic E-state index is 5.40. The molecule has 0 radical (unpaired) electrons. The van der Waals surface area contributed by atoms with Gasteiger partial charge in [0.1, 0.15) is 11.6 Å². The lowest BCUT2D eigenvalue weighted by molar-refractivity contribution is 0.647. The molecule has 0 saturated carbocycles. The number of hydrogen-bond acceptors (Lipinski definition) is 6. The van der Waals surface area contributed by atoms with Gasteiger partial charge < -0.3 is 25.3 Å². The smallest absolute Gasteiger partial charge is 0.232 e. The van der Waals surface area contributed by atoms with Gasteiger partial charge in [0.2, 0.25) is 5.95 Å². The zero-order valence-corrected chi connectivity index (χ0v) is 19.7. The topological polar surface area (TPSA) is 59.6 Å². The lowest BCUT2D eigenvalue weighted by Gasteiger charge is -2.37. The fourth-order valence-electron chi connectivity index (χ4n) is 4.44. The minimum absolute atomic E-state index is 0.537. The average Bonchev–Trinajstić information content (AvgIpc) is 3.29. The first kappa shape index (κ1) is 21.5. The van der Waals surface area contributed by atoms with Crippen LogP contribution >= 0.6 is 12.2 Å². The summed E-state index contributed by atoms with van der Waals surface area (Å²) in [7, 11) is 0. The van der Waals surface area contributed by atoms with Crippen molar-refractivity contribution in [3.63, 3.8) is 0 Å². The summed E-state index contributed by atoms with van der Waals surface area (Å²) in [5.41, 5.74) is 3.98. The van der Waals surface area contributed by atoms with Gasteiger partial charge in [-0.25, -0.2) is 0 Å². The van der Waals surface area contributed by atoms with Crippen molar-refractivity contribution in [2.75, 3.05) is 52.7 Å². The number of hydrogen-bond donors (Lipinski definition) is 2. The summed E-state index contributed by atoms with van der Waals surface area (Å²) in [5, 5.41) is 6.84. The predicted molar refractivity (Wildman–Crippen MR) is 139 cm³/mol. The molecule has 1 fully saturated rings. The van der Waals surface area contributed by atoms with E-state index in [0.29, 0.717) is 11.1 Å². The maximum Gasteiger partial charge on any atom is 0.232 e. The van der Waals surface area contributed by atoms with Gasteiger partial charge in [0.15, 0.2) is 5.11 Å². The molecule has 170 valence electrons. The van der Waals surface area contributed by atoms with Gasteiger partial charge >= 0.3 is 0 Å². The monoisotopic (exact) mass is 459 g/mol.